The topological polar surface area (TPSA) is 54.6 Å². The third-order valence-corrected chi connectivity index (χ3v) is 6.21. The molecule has 1 N–H and O–H groups in total. The predicted octanol–water partition coefficient (Wildman–Crippen LogP) is 3.81. The minimum atomic E-state index is -0.372. The van der Waals surface area contributed by atoms with Gasteiger partial charge in [0.25, 0.3) is 5.91 Å². The number of hydrogen-bond donors (Lipinski definition) is 1. The molecule has 1 aliphatic rings. The number of fused-ring (bicyclic) bond motifs is 1. The summed E-state index contributed by atoms with van der Waals surface area (Å²) in [7, 11) is 0. The third-order valence-electron chi connectivity index (χ3n) is 4.01. The van der Waals surface area contributed by atoms with Crippen molar-refractivity contribution in [3.05, 3.63) is 76.9 Å². The summed E-state index contributed by atoms with van der Waals surface area (Å²) >= 11 is 15.9. The van der Waals surface area contributed by atoms with Crippen molar-refractivity contribution in [1.82, 2.24) is 4.57 Å². The van der Waals surface area contributed by atoms with E-state index >= 15 is 0 Å². The smallest absolute Gasteiger partial charge is 0.279 e. The Kier molecular flexibility index (Phi) is 4.56. The molecule has 0 saturated carbocycles. The molecule has 4 nitrogen and oxygen atoms in total. The summed E-state index contributed by atoms with van der Waals surface area (Å²) in [6.07, 6.45) is 0. The average molecular weight is 466 g/mol. The average Bonchev–Trinajstić information content (AvgIpc) is 3.06. The molecule has 0 fully saturated rings. The van der Waals surface area contributed by atoms with Gasteiger partial charge in [-0.1, -0.05) is 39.7 Å². The first-order valence-corrected chi connectivity index (χ1v) is 9.94. The van der Waals surface area contributed by atoms with Gasteiger partial charge in [-0.05, 0) is 48.1 Å². The maximum Gasteiger partial charge on any atom is 0.279 e. The number of aromatic hydroxyl groups is 1. The minimum Gasteiger partial charge on any atom is -0.493 e. The standard InChI is InChI=1S/C18H10BrClN2O2S2/c19-10-3-6-13-12(7-10)14(16(23)21-13)15-17(24)22(18(25)26-15)8-9-1-4-11(20)5-2-9/h1-7,24H,8H2. The molecule has 0 unspecified atom stereocenters. The van der Waals surface area contributed by atoms with Crippen LogP contribution in [0.3, 0.4) is 0 Å². The van der Waals surface area contributed by atoms with Crippen molar-refractivity contribution < 1.29 is 9.90 Å². The van der Waals surface area contributed by atoms with Crippen LogP contribution in [0.5, 0.6) is 5.88 Å². The van der Waals surface area contributed by atoms with E-state index in [1.165, 1.54) is 11.3 Å². The first-order valence-electron chi connectivity index (χ1n) is 7.54. The number of rotatable bonds is 3. The van der Waals surface area contributed by atoms with Crippen LogP contribution in [0.1, 0.15) is 10.4 Å². The molecule has 4 rings (SSSR count). The number of aromatic nitrogens is 1. The molecule has 0 saturated heterocycles. The number of carbonyl (C=O) groups excluding carboxylic acids is 1. The maximum atomic E-state index is 12.4. The fourth-order valence-corrected chi connectivity index (χ4v) is 4.60. The Labute approximate surface area is 170 Å². The van der Waals surface area contributed by atoms with Crippen LogP contribution >= 0.6 is 51.1 Å². The Morgan fingerprint density at radius 3 is 2.69 bits per heavy atom. The first-order chi connectivity index (χ1) is 12.4. The highest BCUT2D eigenvalue weighted by Crippen LogP contribution is 2.33. The quantitative estimate of drug-likeness (QED) is 0.599. The molecule has 2 heterocycles. The van der Waals surface area contributed by atoms with E-state index in [0.29, 0.717) is 36.5 Å². The fourth-order valence-electron chi connectivity index (χ4n) is 2.78. The predicted molar refractivity (Wildman–Crippen MR) is 108 cm³/mol. The van der Waals surface area contributed by atoms with Crippen molar-refractivity contribution in [3.63, 3.8) is 0 Å². The lowest BCUT2D eigenvalue weighted by Crippen LogP contribution is -2.22. The zero-order chi connectivity index (χ0) is 18.4. The molecular weight excluding hydrogens is 456 g/mol. The maximum absolute atomic E-state index is 12.4. The lowest BCUT2D eigenvalue weighted by Gasteiger charge is -2.06. The van der Waals surface area contributed by atoms with Gasteiger partial charge in [-0.2, -0.15) is 0 Å². The van der Waals surface area contributed by atoms with Crippen LogP contribution in [0.15, 0.2) is 51.9 Å². The van der Waals surface area contributed by atoms with Crippen molar-refractivity contribution in [1.29, 1.82) is 0 Å². The van der Waals surface area contributed by atoms with Gasteiger partial charge in [-0.25, -0.2) is 4.99 Å². The molecule has 0 bridgehead atoms. The molecule has 2 aromatic carbocycles. The molecular formula is C18H10BrClN2O2S2. The number of nitrogens with zero attached hydrogens (tertiary/aromatic N) is 2. The highest BCUT2D eigenvalue weighted by Gasteiger charge is 2.25. The Balaban J connectivity index is 1.86. The number of amides is 1. The van der Waals surface area contributed by atoms with E-state index < -0.39 is 0 Å². The normalized spacial score (nSPS) is 13.0. The Hall–Kier alpha value is -1.80. The van der Waals surface area contributed by atoms with Crippen molar-refractivity contribution >= 4 is 62.6 Å². The summed E-state index contributed by atoms with van der Waals surface area (Å²) in [6, 6.07) is 12.7. The summed E-state index contributed by atoms with van der Waals surface area (Å²) in [4.78, 5) is 16.9. The summed E-state index contributed by atoms with van der Waals surface area (Å²) in [5, 5.41) is 12.7. The van der Waals surface area contributed by atoms with Crippen molar-refractivity contribution in [2.45, 2.75) is 6.54 Å². The number of benzene rings is 2. The summed E-state index contributed by atoms with van der Waals surface area (Å²) in [6.45, 7) is 0.391. The van der Waals surface area contributed by atoms with Gasteiger partial charge in [0.1, 0.15) is 4.88 Å². The molecule has 0 spiro atoms. The Morgan fingerprint density at radius 2 is 1.96 bits per heavy atom. The van der Waals surface area contributed by atoms with Gasteiger partial charge in [0, 0.05) is 14.7 Å². The fraction of sp³-hybridized carbons (Fsp3) is 0.0556. The summed E-state index contributed by atoms with van der Waals surface area (Å²) in [5.41, 5.74) is 1.32. The number of halogens is 2. The minimum absolute atomic E-state index is 0.0266. The summed E-state index contributed by atoms with van der Waals surface area (Å²) in [5.74, 6) is -0.399. The first kappa shape index (κ1) is 17.6. The second-order valence-electron chi connectivity index (χ2n) is 5.69. The molecule has 1 aliphatic heterocycles. The lowest BCUT2D eigenvalue weighted by atomic mass is 10.1. The number of carbonyl (C=O) groups is 1. The van der Waals surface area contributed by atoms with Gasteiger partial charge in [0.15, 0.2) is 3.95 Å². The van der Waals surface area contributed by atoms with Crippen molar-refractivity contribution in [2.75, 3.05) is 0 Å². The van der Waals surface area contributed by atoms with E-state index in [-0.39, 0.29) is 11.8 Å². The van der Waals surface area contributed by atoms with Gasteiger partial charge >= 0.3 is 0 Å². The largest absolute Gasteiger partial charge is 0.493 e. The van der Waals surface area contributed by atoms with Crippen LogP contribution in [0.25, 0.3) is 5.57 Å². The molecule has 130 valence electrons. The summed E-state index contributed by atoms with van der Waals surface area (Å²) < 4.78 is 2.92. The van der Waals surface area contributed by atoms with Crippen molar-refractivity contribution in [2.24, 2.45) is 4.99 Å². The molecule has 1 aromatic heterocycles. The van der Waals surface area contributed by atoms with Crippen molar-refractivity contribution in [3.8, 4) is 5.88 Å². The molecule has 26 heavy (non-hydrogen) atoms. The van der Waals surface area contributed by atoms with Crippen LogP contribution in [-0.4, -0.2) is 15.6 Å². The van der Waals surface area contributed by atoms with Gasteiger partial charge in [-0.15, -0.1) is 11.3 Å². The SMILES string of the molecule is O=C1N=c2ccc(Br)cc2=C1c1sc(=S)n(Cc2ccc(Cl)cc2)c1O. The molecule has 1 amide bonds. The number of thiazole rings is 1. The van der Waals surface area contributed by atoms with Crippen LogP contribution in [0.4, 0.5) is 0 Å². The van der Waals surface area contributed by atoms with E-state index in [4.69, 9.17) is 23.8 Å². The molecule has 8 heteroatoms. The third kappa shape index (κ3) is 3.05. The molecule has 0 radical (unpaired) electrons. The van der Waals surface area contributed by atoms with Gasteiger partial charge < -0.3 is 5.11 Å². The monoisotopic (exact) mass is 464 g/mol. The van der Waals surface area contributed by atoms with E-state index in [0.717, 1.165) is 10.0 Å². The Bertz CT molecular complexity index is 1230. The van der Waals surface area contributed by atoms with E-state index in [9.17, 15) is 9.90 Å². The molecule has 0 atom stereocenters. The van der Waals surface area contributed by atoms with Gasteiger partial charge in [0.2, 0.25) is 5.88 Å². The van der Waals surface area contributed by atoms with Gasteiger partial charge in [0.05, 0.1) is 17.5 Å². The van der Waals surface area contributed by atoms with Crippen LogP contribution in [0.2, 0.25) is 5.02 Å². The van der Waals surface area contributed by atoms with Crippen LogP contribution in [-0.2, 0) is 11.3 Å². The molecule has 0 aliphatic carbocycles. The Morgan fingerprint density at radius 1 is 1.23 bits per heavy atom. The number of hydrogen-bond acceptors (Lipinski definition) is 4. The zero-order valence-corrected chi connectivity index (χ0v) is 17.0. The van der Waals surface area contributed by atoms with E-state index in [1.807, 2.05) is 24.3 Å². The highest BCUT2D eigenvalue weighted by atomic mass is 79.9. The van der Waals surface area contributed by atoms with Crippen LogP contribution < -0.4 is 10.6 Å². The zero-order valence-electron chi connectivity index (χ0n) is 13.1. The second kappa shape index (κ2) is 6.74. The van der Waals surface area contributed by atoms with E-state index in [2.05, 4.69) is 20.9 Å². The van der Waals surface area contributed by atoms with Crippen LogP contribution in [0, 0.1) is 3.95 Å². The second-order valence-corrected chi connectivity index (χ2v) is 8.68. The lowest BCUT2D eigenvalue weighted by molar-refractivity contribution is -0.112. The van der Waals surface area contributed by atoms with Gasteiger partial charge in [-0.3, -0.25) is 9.36 Å². The van der Waals surface area contributed by atoms with E-state index in [1.54, 1.807) is 22.8 Å². The molecule has 3 aromatic rings. The highest BCUT2D eigenvalue weighted by molar-refractivity contribution is 9.10.